The van der Waals surface area contributed by atoms with Crippen molar-refractivity contribution >= 4 is 11.6 Å². The summed E-state index contributed by atoms with van der Waals surface area (Å²) < 4.78 is 0. The summed E-state index contributed by atoms with van der Waals surface area (Å²) in [6, 6.07) is 8.21. The highest BCUT2D eigenvalue weighted by Crippen LogP contribution is 2.15. The summed E-state index contributed by atoms with van der Waals surface area (Å²) >= 11 is 5.81. The minimum Gasteiger partial charge on any atom is -0.396 e. The summed E-state index contributed by atoms with van der Waals surface area (Å²) in [6.45, 7) is 3.34. The summed E-state index contributed by atoms with van der Waals surface area (Å²) in [7, 11) is 0. The molecule has 0 aliphatic rings. The molecule has 15 heavy (non-hydrogen) atoms. The van der Waals surface area contributed by atoms with E-state index in [4.69, 9.17) is 16.7 Å². The second-order valence-electron chi connectivity index (χ2n) is 3.66. The first kappa shape index (κ1) is 12.5. The Balaban J connectivity index is 2.33. The van der Waals surface area contributed by atoms with Gasteiger partial charge in [-0.3, -0.25) is 0 Å². The Kier molecular flexibility index (Phi) is 5.69. The summed E-state index contributed by atoms with van der Waals surface area (Å²) in [5.41, 5.74) is 1.24. The predicted molar refractivity (Wildman–Crippen MR) is 64.2 cm³/mol. The van der Waals surface area contributed by atoms with E-state index in [1.165, 1.54) is 5.56 Å². The van der Waals surface area contributed by atoms with Gasteiger partial charge in [0, 0.05) is 17.7 Å². The number of nitrogens with one attached hydrogen (secondary N) is 1. The van der Waals surface area contributed by atoms with Gasteiger partial charge in [-0.05, 0) is 44.0 Å². The lowest BCUT2D eigenvalue weighted by atomic mass is 10.1. The predicted octanol–water partition coefficient (Wildman–Crippen LogP) is 2.76. The lowest BCUT2D eigenvalue weighted by molar-refractivity contribution is 0.283. The zero-order chi connectivity index (χ0) is 11.1. The molecule has 0 saturated carbocycles. The van der Waals surface area contributed by atoms with Gasteiger partial charge in [-0.15, -0.1) is 0 Å². The smallest absolute Gasteiger partial charge is 0.0431 e. The van der Waals surface area contributed by atoms with Gasteiger partial charge in [-0.1, -0.05) is 23.7 Å². The van der Waals surface area contributed by atoms with Crippen molar-refractivity contribution in [2.24, 2.45) is 0 Å². The molecule has 0 amide bonds. The third-order valence-electron chi connectivity index (χ3n) is 2.41. The van der Waals surface area contributed by atoms with Gasteiger partial charge in [0.15, 0.2) is 0 Å². The zero-order valence-corrected chi connectivity index (χ0v) is 9.80. The average molecular weight is 228 g/mol. The van der Waals surface area contributed by atoms with E-state index >= 15 is 0 Å². The normalized spacial score (nSPS) is 12.7. The molecule has 0 spiro atoms. The molecule has 2 N–H and O–H groups in total. The number of halogens is 1. The van der Waals surface area contributed by atoms with Crippen LogP contribution in [0.1, 0.15) is 31.4 Å². The fraction of sp³-hybridized carbons (Fsp3) is 0.500. The fourth-order valence-corrected chi connectivity index (χ4v) is 1.55. The molecular weight excluding hydrogens is 210 g/mol. The molecule has 0 heterocycles. The molecule has 1 atom stereocenters. The number of benzene rings is 1. The molecule has 0 saturated heterocycles. The Morgan fingerprint density at radius 1 is 1.27 bits per heavy atom. The van der Waals surface area contributed by atoms with E-state index in [9.17, 15) is 0 Å². The van der Waals surface area contributed by atoms with Crippen LogP contribution in [0.5, 0.6) is 0 Å². The highest BCUT2D eigenvalue weighted by atomic mass is 35.5. The van der Waals surface area contributed by atoms with Gasteiger partial charge in [0.25, 0.3) is 0 Å². The number of hydrogen-bond donors (Lipinski definition) is 2. The molecule has 1 rings (SSSR count). The monoisotopic (exact) mass is 227 g/mol. The van der Waals surface area contributed by atoms with Gasteiger partial charge >= 0.3 is 0 Å². The van der Waals surface area contributed by atoms with Crippen molar-refractivity contribution < 1.29 is 5.11 Å². The van der Waals surface area contributed by atoms with Crippen LogP contribution in [0, 0.1) is 0 Å². The van der Waals surface area contributed by atoms with Gasteiger partial charge in [-0.25, -0.2) is 0 Å². The lowest BCUT2D eigenvalue weighted by Gasteiger charge is -2.13. The highest BCUT2D eigenvalue weighted by molar-refractivity contribution is 6.30. The first-order chi connectivity index (χ1) is 7.24. The SMILES string of the molecule is CC(NCCCCO)c1ccc(Cl)cc1. The molecule has 1 aromatic carbocycles. The average Bonchev–Trinajstić information content (AvgIpc) is 2.25. The summed E-state index contributed by atoms with van der Waals surface area (Å²) in [5.74, 6) is 0. The summed E-state index contributed by atoms with van der Waals surface area (Å²) in [6.07, 6.45) is 1.87. The quantitative estimate of drug-likeness (QED) is 0.733. The number of aliphatic hydroxyl groups is 1. The Bertz CT molecular complexity index is 273. The molecule has 0 bridgehead atoms. The van der Waals surface area contributed by atoms with Gasteiger partial charge in [0.1, 0.15) is 0 Å². The molecular formula is C12H18ClNO. The van der Waals surface area contributed by atoms with Crippen LogP contribution in [0.4, 0.5) is 0 Å². The summed E-state index contributed by atoms with van der Waals surface area (Å²) in [4.78, 5) is 0. The number of rotatable bonds is 6. The van der Waals surface area contributed by atoms with E-state index in [2.05, 4.69) is 12.2 Å². The van der Waals surface area contributed by atoms with E-state index < -0.39 is 0 Å². The molecule has 1 unspecified atom stereocenters. The van der Waals surface area contributed by atoms with Gasteiger partial charge in [-0.2, -0.15) is 0 Å². The van der Waals surface area contributed by atoms with Crippen molar-refractivity contribution in [1.29, 1.82) is 0 Å². The van der Waals surface area contributed by atoms with Crippen molar-refractivity contribution in [1.82, 2.24) is 5.32 Å². The van der Waals surface area contributed by atoms with Gasteiger partial charge < -0.3 is 10.4 Å². The Morgan fingerprint density at radius 3 is 2.53 bits per heavy atom. The highest BCUT2D eigenvalue weighted by Gasteiger charge is 2.03. The zero-order valence-electron chi connectivity index (χ0n) is 9.04. The maximum atomic E-state index is 8.64. The molecule has 1 aromatic rings. The van der Waals surface area contributed by atoms with E-state index in [0.717, 1.165) is 24.4 Å². The molecule has 0 aromatic heterocycles. The maximum absolute atomic E-state index is 8.64. The summed E-state index contributed by atoms with van der Waals surface area (Å²) in [5, 5.41) is 12.8. The van der Waals surface area contributed by atoms with Crippen LogP contribution in [0.25, 0.3) is 0 Å². The van der Waals surface area contributed by atoms with Crippen LogP contribution in [0.15, 0.2) is 24.3 Å². The molecule has 0 fully saturated rings. The molecule has 2 nitrogen and oxygen atoms in total. The van der Waals surface area contributed by atoms with E-state index in [1.54, 1.807) is 0 Å². The van der Waals surface area contributed by atoms with Gasteiger partial charge in [0.2, 0.25) is 0 Å². The molecule has 0 radical (unpaired) electrons. The largest absolute Gasteiger partial charge is 0.396 e. The van der Waals surface area contributed by atoms with Crippen LogP contribution in [-0.4, -0.2) is 18.3 Å². The fourth-order valence-electron chi connectivity index (χ4n) is 1.42. The van der Waals surface area contributed by atoms with E-state index in [-0.39, 0.29) is 6.61 Å². The van der Waals surface area contributed by atoms with Crippen molar-refractivity contribution in [2.75, 3.05) is 13.2 Å². The number of unbranched alkanes of at least 4 members (excludes halogenated alkanes) is 1. The third-order valence-corrected chi connectivity index (χ3v) is 2.66. The number of aliphatic hydroxyl groups excluding tert-OH is 1. The first-order valence-corrected chi connectivity index (χ1v) is 5.71. The standard InChI is InChI=1S/C12H18ClNO/c1-10(14-8-2-3-9-15)11-4-6-12(13)7-5-11/h4-7,10,14-15H,2-3,8-9H2,1H3. The Morgan fingerprint density at radius 2 is 1.93 bits per heavy atom. The number of hydrogen-bond acceptors (Lipinski definition) is 2. The van der Waals surface area contributed by atoms with Crippen molar-refractivity contribution in [3.05, 3.63) is 34.9 Å². The molecule has 84 valence electrons. The van der Waals surface area contributed by atoms with Gasteiger partial charge in [0.05, 0.1) is 0 Å². The lowest BCUT2D eigenvalue weighted by Crippen LogP contribution is -2.19. The maximum Gasteiger partial charge on any atom is 0.0431 e. The van der Waals surface area contributed by atoms with Crippen LogP contribution in [0.3, 0.4) is 0 Å². The van der Waals surface area contributed by atoms with E-state index in [1.807, 2.05) is 24.3 Å². The minimum atomic E-state index is 0.275. The minimum absolute atomic E-state index is 0.275. The topological polar surface area (TPSA) is 32.3 Å². The Labute approximate surface area is 96.3 Å². The van der Waals surface area contributed by atoms with Crippen molar-refractivity contribution in [2.45, 2.75) is 25.8 Å². The third kappa shape index (κ3) is 4.65. The van der Waals surface area contributed by atoms with Crippen LogP contribution in [0.2, 0.25) is 5.02 Å². The van der Waals surface area contributed by atoms with Crippen LogP contribution < -0.4 is 5.32 Å². The second kappa shape index (κ2) is 6.83. The molecule has 3 heteroatoms. The second-order valence-corrected chi connectivity index (χ2v) is 4.09. The van der Waals surface area contributed by atoms with Crippen molar-refractivity contribution in [3.8, 4) is 0 Å². The van der Waals surface area contributed by atoms with Crippen LogP contribution >= 0.6 is 11.6 Å². The first-order valence-electron chi connectivity index (χ1n) is 5.33. The van der Waals surface area contributed by atoms with Crippen LogP contribution in [-0.2, 0) is 0 Å². The Hall–Kier alpha value is -0.570. The molecule has 0 aliphatic carbocycles. The van der Waals surface area contributed by atoms with Crippen molar-refractivity contribution in [3.63, 3.8) is 0 Å². The van der Waals surface area contributed by atoms with E-state index in [0.29, 0.717) is 6.04 Å². The molecule has 0 aliphatic heterocycles.